The molecule has 0 amide bonds. The van der Waals surface area contributed by atoms with Gasteiger partial charge in [0, 0.05) is 11.8 Å². The van der Waals surface area contributed by atoms with Gasteiger partial charge in [0.15, 0.2) is 0 Å². The van der Waals surface area contributed by atoms with Crippen LogP contribution in [0.5, 0.6) is 0 Å². The summed E-state index contributed by atoms with van der Waals surface area (Å²) in [5, 5.41) is 1.07. The summed E-state index contributed by atoms with van der Waals surface area (Å²) in [4.78, 5) is 3.94. The van der Waals surface area contributed by atoms with Gasteiger partial charge >= 0.3 is 0 Å². The molecule has 0 fully saturated rings. The maximum absolute atomic E-state index is 5.40. The Morgan fingerprint density at radius 1 is 1.90 bits per heavy atom. The Morgan fingerprint density at radius 2 is 2.70 bits per heavy atom. The molecule has 1 atom stereocenters. The van der Waals surface area contributed by atoms with E-state index in [0.29, 0.717) is 17.0 Å². The van der Waals surface area contributed by atoms with E-state index in [4.69, 9.17) is 10.2 Å². The largest absolute Gasteiger partial charge is 0.440 e. The van der Waals surface area contributed by atoms with Gasteiger partial charge in [-0.3, -0.25) is 0 Å². The lowest BCUT2D eigenvalue weighted by molar-refractivity contribution is 0.453. The molecule has 0 aromatic carbocycles. The van der Waals surface area contributed by atoms with Crippen molar-refractivity contribution in [1.82, 2.24) is 4.98 Å². The van der Waals surface area contributed by atoms with E-state index in [1.807, 2.05) is 6.92 Å². The maximum atomic E-state index is 5.40. The summed E-state index contributed by atoms with van der Waals surface area (Å²) < 4.78 is 5.00. The lowest BCUT2D eigenvalue weighted by atomic mass is 10.5. The molecule has 1 heterocycles. The second-order valence-corrected chi connectivity index (χ2v) is 3.35. The highest BCUT2D eigenvalue weighted by atomic mass is 32.2. The van der Waals surface area contributed by atoms with Crippen molar-refractivity contribution in [1.29, 1.82) is 0 Å². The van der Waals surface area contributed by atoms with E-state index in [1.54, 1.807) is 24.2 Å². The SMILES string of the molecule is CC(CN)Sc1ncco1. The number of nitrogens with two attached hydrogens (primary N) is 1. The topological polar surface area (TPSA) is 52.0 Å². The quantitative estimate of drug-likeness (QED) is 0.669. The van der Waals surface area contributed by atoms with E-state index >= 15 is 0 Å². The highest BCUT2D eigenvalue weighted by molar-refractivity contribution is 7.99. The molecule has 1 aromatic rings. The van der Waals surface area contributed by atoms with Gasteiger partial charge in [-0.2, -0.15) is 0 Å². The molecule has 0 saturated heterocycles. The van der Waals surface area contributed by atoms with Crippen molar-refractivity contribution >= 4 is 11.8 Å². The molecule has 0 aliphatic heterocycles. The summed E-state index contributed by atoms with van der Waals surface area (Å²) in [6.45, 7) is 2.68. The number of hydrogen-bond donors (Lipinski definition) is 1. The van der Waals surface area contributed by atoms with E-state index in [0.717, 1.165) is 0 Å². The summed E-state index contributed by atoms with van der Waals surface area (Å²) in [5.41, 5.74) is 5.40. The van der Waals surface area contributed by atoms with Crippen LogP contribution in [0.15, 0.2) is 22.1 Å². The van der Waals surface area contributed by atoms with Gasteiger partial charge < -0.3 is 10.2 Å². The van der Waals surface area contributed by atoms with Crippen LogP contribution < -0.4 is 5.73 Å². The van der Waals surface area contributed by atoms with Crippen LogP contribution in [-0.4, -0.2) is 16.8 Å². The van der Waals surface area contributed by atoms with Gasteiger partial charge in [-0.15, -0.1) is 0 Å². The van der Waals surface area contributed by atoms with E-state index in [9.17, 15) is 0 Å². The zero-order chi connectivity index (χ0) is 7.40. The minimum Gasteiger partial charge on any atom is -0.440 e. The van der Waals surface area contributed by atoms with Gasteiger partial charge in [-0.1, -0.05) is 18.7 Å². The fourth-order valence-corrected chi connectivity index (χ4v) is 1.16. The molecule has 2 N–H and O–H groups in total. The van der Waals surface area contributed by atoms with Crippen LogP contribution >= 0.6 is 11.8 Å². The Labute approximate surface area is 64.0 Å². The van der Waals surface area contributed by atoms with Gasteiger partial charge in [-0.05, 0) is 0 Å². The Balaban J connectivity index is 2.40. The third-order valence-corrected chi connectivity index (χ3v) is 2.04. The van der Waals surface area contributed by atoms with E-state index < -0.39 is 0 Å². The monoisotopic (exact) mass is 158 g/mol. The van der Waals surface area contributed by atoms with Gasteiger partial charge in [0.2, 0.25) is 0 Å². The normalized spacial score (nSPS) is 13.4. The molecule has 0 aliphatic carbocycles. The first-order chi connectivity index (χ1) is 4.83. The standard InChI is InChI=1S/C6H10N2OS/c1-5(4-7)10-6-8-2-3-9-6/h2-3,5H,4,7H2,1H3. The molecular formula is C6H10N2OS. The summed E-state index contributed by atoms with van der Waals surface area (Å²) in [6.07, 6.45) is 3.19. The molecular weight excluding hydrogens is 148 g/mol. The van der Waals surface area contributed by atoms with Gasteiger partial charge in [0.1, 0.15) is 6.26 Å². The van der Waals surface area contributed by atoms with Crippen molar-refractivity contribution < 1.29 is 4.42 Å². The Hall–Kier alpha value is -0.480. The van der Waals surface area contributed by atoms with E-state index in [-0.39, 0.29) is 0 Å². The molecule has 1 aromatic heterocycles. The predicted molar refractivity (Wildman–Crippen MR) is 40.9 cm³/mol. The molecule has 56 valence electrons. The second-order valence-electron chi connectivity index (χ2n) is 1.96. The fraction of sp³-hybridized carbons (Fsp3) is 0.500. The summed E-state index contributed by atoms with van der Waals surface area (Å²) >= 11 is 1.55. The third kappa shape index (κ3) is 2.04. The number of nitrogens with zero attached hydrogens (tertiary/aromatic N) is 1. The molecule has 3 nitrogen and oxygen atoms in total. The molecule has 0 aliphatic rings. The number of oxazole rings is 1. The van der Waals surface area contributed by atoms with E-state index in [1.165, 1.54) is 0 Å². The maximum Gasteiger partial charge on any atom is 0.255 e. The highest BCUT2D eigenvalue weighted by Gasteiger charge is 2.04. The number of aromatic nitrogens is 1. The first-order valence-electron chi connectivity index (χ1n) is 3.09. The first kappa shape index (κ1) is 7.63. The van der Waals surface area contributed by atoms with Crippen LogP contribution in [0.2, 0.25) is 0 Å². The highest BCUT2D eigenvalue weighted by Crippen LogP contribution is 2.19. The number of rotatable bonds is 3. The van der Waals surface area contributed by atoms with Crippen LogP contribution in [-0.2, 0) is 0 Å². The van der Waals surface area contributed by atoms with Crippen LogP contribution in [0.3, 0.4) is 0 Å². The van der Waals surface area contributed by atoms with Crippen LogP contribution in [0.4, 0.5) is 0 Å². The number of hydrogen-bond acceptors (Lipinski definition) is 4. The predicted octanol–water partition coefficient (Wildman–Crippen LogP) is 1.11. The van der Waals surface area contributed by atoms with Crippen molar-refractivity contribution in [2.75, 3.05) is 6.54 Å². The molecule has 0 bridgehead atoms. The van der Waals surface area contributed by atoms with Crippen molar-refractivity contribution in [3.8, 4) is 0 Å². The van der Waals surface area contributed by atoms with Crippen molar-refractivity contribution in [3.05, 3.63) is 12.5 Å². The minimum atomic E-state index is 0.374. The zero-order valence-electron chi connectivity index (χ0n) is 5.78. The second kappa shape index (κ2) is 3.63. The molecule has 1 rings (SSSR count). The van der Waals surface area contributed by atoms with Crippen molar-refractivity contribution in [2.45, 2.75) is 17.4 Å². The average molecular weight is 158 g/mol. The minimum absolute atomic E-state index is 0.374. The Kier molecular flexibility index (Phi) is 2.77. The molecule has 10 heavy (non-hydrogen) atoms. The summed E-state index contributed by atoms with van der Waals surface area (Å²) in [6, 6.07) is 0. The smallest absolute Gasteiger partial charge is 0.255 e. The lowest BCUT2D eigenvalue weighted by Crippen LogP contribution is -2.12. The summed E-state index contributed by atoms with van der Waals surface area (Å²) in [7, 11) is 0. The van der Waals surface area contributed by atoms with Gasteiger partial charge in [0.05, 0.1) is 6.20 Å². The van der Waals surface area contributed by atoms with Crippen molar-refractivity contribution in [3.63, 3.8) is 0 Å². The van der Waals surface area contributed by atoms with Crippen molar-refractivity contribution in [2.24, 2.45) is 5.73 Å². The molecule has 0 radical (unpaired) electrons. The third-order valence-electron chi connectivity index (χ3n) is 1.04. The molecule has 4 heteroatoms. The summed E-state index contributed by atoms with van der Waals surface area (Å²) in [5.74, 6) is 0. The zero-order valence-corrected chi connectivity index (χ0v) is 6.60. The Morgan fingerprint density at radius 3 is 3.20 bits per heavy atom. The number of thioether (sulfide) groups is 1. The van der Waals surface area contributed by atoms with Gasteiger partial charge in [-0.25, -0.2) is 4.98 Å². The first-order valence-corrected chi connectivity index (χ1v) is 3.97. The fourth-order valence-electron chi connectivity index (χ4n) is 0.489. The van der Waals surface area contributed by atoms with Crippen LogP contribution in [0, 0.1) is 0 Å². The average Bonchev–Trinajstić information content (AvgIpc) is 2.40. The molecule has 0 spiro atoms. The van der Waals surface area contributed by atoms with E-state index in [2.05, 4.69) is 4.98 Å². The molecule has 0 saturated carbocycles. The van der Waals surface area contributed by atoms with Crippen LogP contribution in [0.25, 0.3) is 0 Å². The van der Waals surface area contributed by atoms with Crippen LogP contribution in [0.1, 0.15) is 6.92 Å². The molecule has 1 unspecified atom stereocenters. The lowest BCUT2D eigenvalue weighted by Gasteiger charge is -2.01. The van der Waals surface area contributed by atoms with Gasteiger partial charge in [0.25, 0.3) is 5.22 Å². The Bertz CT molecular complexity index is 176.